The van der Waals surface area contributed by atoms with E-state index in [4.69, 9.17) is 50.6 Å². The first-order chi connectivity index (χ1) is 9.92. The smallest absolute Gasteiger partial charge is 0.147 e. The Morgan fingerprint density at radius 3 is 2.48 bits per heavy atom. The zero-order chi connectivity index (χ0) is 15.6. The molecule has 3 nitrogen and oxygen atoms in total. The number of hydrogen-bond acceptors (Lipinski definition) is 3. The van der Waals surface area contributed by atoms with Crippen LogP contribution in [0.15, 0.2) is 34.8 Å². The molecule has 0 heterocycles. The highest BCUT2D eigenvalue weighted by atomic mass is 79.9. The van der Waals surface area contributed by atoms with Gasteiger partial charge in [0.25, 0.3) is 0 Å². The fourth-order valence-corrected chi connectivity index (χ4v) is 2.62. The number of halogens is 3. The molecule has 0 atom stereocenters. The second-order valence-corrected chi connectivity index (χ2v) is 6.13. The van der Waals surface area contributed by atoms with E-state index in [9.17, 15) is 0 Å². The van der Waals surface area contributed by atoms with E-state index in [0.717, 1.165) is 0 Å². The number of rotatable bonds is 4. The molecule has 2 aromatic rings. The van der Waals surface area contributed by atoms with E-state index in [-0.39, 0.29) is 4.99 Å². The Morgan fingerprint density at radius 1 is 1.14 bits per heavy atom. The molecule has 0 aliphatic rings. The van der Waals surface area contributed by atoms with Gasteiger partial charge in [0.15, 0.2) is 0 Å². The van der Waals surface area contributed by atoms with E-state index in [1.807, 2.05) is 0 Å². The molecule has 0 radical (unpaired) electrons. The van der Waals surface area contributed by atoms with E-state index < -0.39 is 0 Å². The number of thiocarbonyl (C=S) groups is 1. The summed E-state index contributed by atoms with van der Waals surface area (Å²) in [4.78, 5) is 0.215. The van der Waals surface area contributed by atoms with Crippen LogP contribution in [-0.4, -0.2) is 12.1 Å². The number of nitrogens with two attached hydrogens (primary N) is 1. The molecule has 7 heteroatoms. The highest BCUT2D eigenvalue weighted by Gasteiger charge is 2.13. The second kappa shape index (κ2) is 6.83. The summed E-state index contributed by atoms with van der Waals surface area (Å²) in [6.07, 6.45) is 0. The van der Waals surface area contributed by atoms with Gasteiger partial charge in [-0.25, -0.2) is 0 Å². The van der Waals surface area contributed by atoms with Crippen molar-refractivity contribution in [2.75, 3.05) is 7.11 Å². The summed E-state index contributed by atoms with van der Waals surface area (Å²) in [6.45, 7) is 0. The van der Waals surface area contributed by atoms with Crippen molar-refractivity contribution in [1.82, 2.24) is 0 Å². The number of ether oxygens (including phenoxy) is 2. The standard InChI is InChI=1S/C14H10BrCl2NO2S/c1-19-7-2-3-8(14(18)21)12(4-7)20-13-6-10(16)9(15)5-11(13)17/h2-6H,1H3,(H2,18,21). The summed E-state index contributed by atoms with van der Waals surface area (Å²) in [5.74, 6) is 1.46. The topological polar surface area (TPSA) is 44.5 Å². The predicted octanol–water partition coefficient (Wildman–Crippen LogP) is 5.19. The molecule has 2 rings (SSSR count). The van der Waals surface area contributed by atoms with E-state index in [1.54, 1.807) is 37.4 Å². The van der Waals surface area contributed by atoms with Crippen molar-refractivity contribution >= 4 is 56.3 Å². The Labute approximate surface area is 146 Å². The Hall–Kier alpha value is -1.01. The van der Waals surface area contributed by atoms with Crippen molar-refractivity contribution in [2.24, 2.45) is 5.73 Å². The fourth-order valence-electron chi connectivity index (χ4n) is 1.62. The van der Waals surface area contributed by atoms with E-state index >= 15 is 0 Å². The maximum atomic E-state index is 6.15. The number of benzene rings is 2. The summed E-state index contributed by atoms with van der Waals surface area (Å²) >= 11 is 20.5. The fraction of sp³-hybridized carbons (Fsp3) is 0.0714. The molecular weight excluding hydrogens is 397 g/mol. The molecule has 0 aliphatic carbocycles. The van der Waals surface area contributed by atoms with Crippen molar-refractivity contribution in [1.29, 1.82) is 0 Å². The van der Waals surface area contributed by atoms with Gasteiger partial charge in [0.2, 0.25) is 0 Å². The van der Waals surface area contributed by atoms with Crippen LogP contribution >= 0.6 is 51.3 Å². The van der Waals surface area contributed by atoms with Gasteiger partial charge in [-0.3, -0.25) is 0 Å². The van der Waals surface area contributed by atoms with Gasteiger partial charge in [-0.2, -0.15) is 0 Å². The molecule has 110 valence electrons. The highest BCUT2D eigenvalue weighted by Crippen LogP contribution is 2.38. The molecular formula is C14H10BrCl2NO2S. The van der Waals surface area contributed by atoms with Gasteiger partial charge in [-0.05, 0) is 34.1 Å². The molecule has 2 aromatic carbocycles. The minimum Gasteiger partial charge on any atom is -0.497 e. The van der Waals surface area contributed by atoms with Crippen LogP contribution in [-0.2, 0) is 0 Å². The Balaban J connectivity index is 2.47. The molecule has 0 aromatic heterocycles. The van der Waals surface area contributed by atoms with Gasteiger partial charge in [0.1, 0.15) is 22.2 Å². The third-order valence-electron chi connectivity index (χ3n) is 2.65. The van der Waals surface area contributed by atoms with E-state index in [0.29, 0.717) is 37.3 Å². The quantitative estimate of drug-likeness (QED) is 0.560. The Kier molecular flexibility index (Phi) is 5.32. The first kappa shape index (κ1) is 16.4. The summed E-state index contributed by atoms with van der Waals surface area (Å²) in [6, 6.07) is 8.42. The zero-order valence-electron chi connectivity index (χ0n) is 10.8. The molecule has 0 bridgehead atoms. The van der Waals surface area contributed by atoms with Gasteiger partial charge in [-0.15, -0.1) is 0 Å². The molecule has 0 amide bonds. The second-order valence-electron chi connectivity index (χ2n) is 4.03. The number of methoxy groups -OCH3 is 1. The van der Waals surface area contributed by atoms with E-state index in [2.05, 4.69) is 15.9 Å². The largest absolute Gasteiger partial charge is 0.497 e. The van der Waals surface area contributed by atoms with Crippen LogP contribution < -0.4 is 15.2 Å². The molecule has 0 saturated carbocycles. The average molecular weight is 407 g/mol. The maximum absolute atomic E-state index is 6.15. The first-order valence-electron chi connectivity index (χ1n) is 5.72. The van der Waals surface area contributed by atoms with Crippen LogP contribution in [0.25, 0.3) is 0 Å². The lowest BCUT2D eigenvalue weighted by molar-refractivity contribution is 0.409. The molecule has 0 fully saturated rings. The summed E-state index contributed by atoms with van der Waals surface area (Å²) in [5, 5.41) is 0.886. The average Bonchev–Trinajstić information content (AvgIpc) is 2.44. The first-order valence-corrected chi connectivity index (χ1v) is 7.68. The van der Waals surface area contributed by atoms with Crippen molar-refractivity contribution in [3.63, 3.8) is 0 Å². The summed E-state index contributed by atoms with van der Waals surface area (Å²) in [7, 11) is 1.56. The minimum absolute atomic E-state index is 0.215. The van der Waals surface area contributed by atoms with E-state index in [1.165, 1.54) is 0 Å². The molecule has 0 saturated heterocycles. The van der Waals surface area contributed by atoms with Gasteiger partial charge in [0, 0.05) is 16.6 Å². The van der Waals surface area contributed by atoms with Gasteiger partial charge in [0.05, 0.1) is 22.7 Å². The van der Waals surface area contributed by atoms with Gasteiger partial charge < -0.3 is 15.2 Å². The predicted molar refractivity (Wildman–Crippen MR) is 93.1 cm³/mol. The highest BCUT2D eigenvalue weighted by molar-refractivity contribution is 9.10. The minimum atomic E-state index is 0.215. The third kappa shape index (κ3) is 3.80. The van der Waals surface area contributed by atoms with Crippen LogP contribution in [0.1, 0.15) is 5.56 Å². The monoisotopic (exact) mass is 405 g/mol. The lowest BCUT2D eigenvalue weighted by atomic mass is 10.2. The molecule has 0 aliphatic heterocycles. The van der Waals surface area contributed by atoms with Gasteiger partial charge >= 0.3 is 0 Å². The zero-order valence-corrected chi connectivity index (χ0v) is 14.7. The summed E-state index contributed by atoms with van der Waals surface area (Å²) < 4.78 is 11.6. The Morgan fingerprint density at radius 2 is 1.86 bits per heavy atom. The van der Waals surface area contributed by atoms with Crippen molar-refractivity contribution in [2.45, 2.75) is 0 Å². The SMILES string of the molecule is COc1ccc(C(N)=S)c(Oc2cc(Cl)c(Br)cc2Cl)c1. The van der Waals surface area contributed by atoms with Crippen molar-refractivity contribution in [3.8, 4) is 17.2 Å². The van der Waals surface area contributed by atoms with Crippen LogP contribution in [0.4, 0.5) is 0 Å². The Bertz CT molecular complexity index is 710. The normalized spacial score (nSPS) is 10.3. The lowest BCUT2D eigenvalue weighted by Crippen LogP contribution is -2.10. The maximum Gasteiger partial charge on any atom is 0.147 e. The van der Waals surface area contributed by atoms with Gasteiger partial charge in [-0.1, -0.05) is 35.4 Å². The molecule has 0 spiro atoms. The van der Waals surface area contributed by atoms with Crippen molar-refractivity contribution in [3.05, 3.63) is 50.4 Å². The van der Waals surface area contributed by atoms with Crippen LogP contribution in [0, 0.1) is 0 Å². The lowest BCUT2D eigenvalue weighted by Gasteiger charge is -2.13. The van der Waals surface area contributed by atoms with Crippen LogP contribution in [0.3, 0.4) is 0 Å². The molecule has 21 heavy (non-hydrogen) atoms. The molecule has 0 unspecified atom stereocenters. The molecule has 2 N–H and O–H groups in total. The number of hydrogen-bond donors (Lipinski definition) is 1. The van der Waals surface area contributed by atoms with Crippen LogP contribution in [0.5, 0.6) is 17.2 Å². The van der Waals surface area contributed by atoms with Crippen molar-refractivity contribution < 1.29 is 9.47 Å². The summed E-state index contributed by atoms with van der Waals surface area (Å²) in [5.41, 5.74) is 6.28. The van der Waals surface area contributed by atoms with Crippen LogP contribution in [0.2, 0.25) is 10.0 Å². The third-order valence-corrected chi connectivity index (χ3v) is 4.36.